The molecule has 68 valence electrons. The van der Waals surface area contributed by atoms with Crippen LogP contribution in [0.1, 0.15) is 20.3 Å². The van der Waals surface area contributed by atoms with Gasteiger partial charge in [-0.25, -0.2) is 0 Å². The van der Waals surface area contributed by atoms with Crippen molar-refractivity contribution in [1.82, 2.24) is 16.0 Å². The summed E-state index contributed by atoms with van der Waals surface area (Å²) in [6.45, 7) is 4.33. The highest BCUT2D eigenvalue weighted by Crippen LogP contribution is 2.09. The van der Waals surface area contributed by atoms with Crippen LogP contribution >= 0.6 is 0 Å². The summed E-state index contributed by atoms with van der Waals surface area (Å²) < 4.78 is 0. The fourth-order valence-corrected chi connectivity index (χ4v) is 1.46. The highest BCUT2D eigenvalue weighted by atomic mass is 15.2. The lowest BCUT2D eigenvalue weighted by Crippen LogP contribution is -2.64. The van der Waals surface area contributed by atoms with Gasteiger partial charge in [0.2, 0.25) is 0 Å². The Hall–Kier alpha value is -0.120. The zero-order chi connectivity index (χ0) is 8.91. The zero-order valence-corrected chi connectivity index (χ0v) is 8.28. The average molecular weight is 159 g/mol. The maximum absolute atomic E-state index is 3.29. The Morgan fingerprint density at radius 3 is 1.73 bits per heavy atom. The second-order valence-electron chi connectivity index (χ2n) is 2.84. The zero-order valence-electron chi connectivity index (χ0n) is 8.28. The van der Waals surface area contributed by atoms with Crippen molar-refractivity contribution in [3.05, 3.63) is 0 Å². The third-order valence-electron chi connectivity index (χ3n) is 2.62. The summed E-state index contributed by atoms with van der Waals surface area (Å²) in [7, 11) is 5.94. The SMILES string of the molecule is CCC(NC)(NC)C(C)NC. The molecule has 3 heteroatoms. The summed E-state index contributed by atoms with van der Waals surface area (Å²) in [5.74, 6) is 0. The van der Waals surface area contributed by atoms with Gasteiger partial charge >= 0.3 is 0 Å². The molecule has 0 aromatic heterocycles. The molecule has 0 spiro atoms. The van der Waals surface area contributed by atoms with Gasteiger partial charge in [-0.2, -0.15) is 0 Å². The molecule has 11 heavy (non-hydrogen) atoms. The van der Waals surface area contributed by atoms with Crippen LogP contribution in [0.15, 0.2) is 0 Å². The van der Waals surface area contributed by atoms with Crippen molar-refractivity contribution in [1.29, 1.82) is 0 Å². The van der Waals surface area contributed by atoms with Crippen LogP contribution in [0.25, 0.3) is 0 Å². The van der Waals surface area contributed by atoms with Crippen LogP contribution in [0.3, 0.4) is 0 Å². The summed E-state index contributed by atoms with van der Waals surface area (Å²) in [6.07, 6.45) is 1.06. The lowest BCUT2D eigenvalue weighted by Gasteiger charge is -2.38. The minimum atomic E-state index is 0.0226. The highest BCUT2D eigenvalue weighted by Gasteiger charge is 2.29. The van der Waals surface area contributed by atoms with Crippen LogP contribution < -0.4 is 16.0 Å². The minimum absolute atomic E-state index is 0.0226. The Bertz CT molecular complexity index is 91.2. The van der Waals surface area contributed by atoms with E-state index >= 15 is 0 Å². The van der Waals surface area contributed by atoms with E-state index in [4.69, 9.17) is 0 Å². The second kappa shape index (κ2) is 4.70. The molecule has 0 radical (unpaired) electrons. The Kier molecular flexibility index (Phi) is 4.65. The molecule has 0 fully saturated rings. The molecule has 0 aliphatic heterocycles. The lowest BCUT2D eigenvalue weighted by molar-refractivity contribution is 0.217. The van der Waals surface area contributed by atoms with Gasteiger partial charge in [0.1, 0.15) is 0 Å². The number of rotatable bonds is 5. The van der Waals surface area contributed by atoms with Gasteiger partial charge in [0, 0.05) is 6.04 Å². The first-order valence-corrected chi connectivity index (χ1v) is 4.22. The van der Waals surface area contributed by atoms with Gasteiger partial charge in [0.05, 0.1) is 5.66 Å². The van der Waals surface area contributed by atoms with Crippen molar-refractivity contribution >= 4 is 0 Å². The fraction of sp³-hybridized carbons (Fsp3) is 1.00. The summed E-state index contributed by atoms with van der Waals surface area (Å²) in [5.41, 5.74) is 0.0226. The molecule has 0 saturated carbocycles. The molecule has 0 saturated heterocycles. The summed E-state index contributed by atoms with van der Waals surface area (Å²) in [4.78, 5) is 0. The predicted octanol–water partition coefficient (Wildman–Crippen LogP) is 0.139. The molecule has 3 nitrogen and oxygen atoms in total. The van der Waals surface area contributed by atoms with Crippen molar-refractivity contribution in [2.75, 3.05) is 21.1 Å². The Morgan fingerprint density at radius 1 is 1.18 bits per heavy atom. The van der Waals surface area contributed by atoms with Crippen molar-refractivity contribution in [2.45, 2.75) is 32.0 Å². The van der Waals surface area contributed by atoms with Gasteiger partial charge < -0.3 is 16.0 Å². The molecule has 1 unspecified atom stereocenters. The molecule has 0 rings (SSSR count). The van der Waals surface area contributed by atoms with Crippen molar-refractivity contribution < 1.29 is 0 Å². The van der Waals surface area contributed by atoms with Gasteiger partial charge in [0.25, 0.3) is 0 Å². The predicted molar refractivity (Wildman–Crippen MR) is 49.7 cm³/mol. The van der Waals surface area contributed by atoms with E-state index in [-0.39, 0.29) is 5.66 Å². The number of hydrogen-bond donors (Lipinski definition) is 3. The third kappa shape index (κ3) is 2.15. The van der Waals surface area contributed by atoms with Gasteiger partial charge in [-0.3, -0.25) is 0 Å². The molecule has 0 aromatic carbocycles. The smallest absolute Gasteiger partial charge is 0.0834 e. The Morgan fingerprint density at radius 2 is 1.64 bits per heavy atom. The highest BCUT2D eigenvalue weighted by molar-refractivity contribution is 4.90. The molecule has 0 amide bonds. The number of likely N-dealkylation sites (N-methyl/N-ethyl adjacent to an activating group) is 3. The first-order chi connectivity index (χ1) is 5.16. The fourth-order valence-electron chi connectivity index (χ4n) is 1.46. The molecule has 0 heterocycles. The average Bonchev–Trinajstić information content (AvgIpc) is 2.08. The normalized spacial score (nSPS) is 15.0. The van der Waals surface area contributed by atoms with Crippen molar-refractivity contribution in [3.8, 4) is 0 Å². The van der Waals surface area contributed by atoms with Crippen LogP contribution in [0.4, 0.5) is 0 Å². The monoisotopic (exact) mass is 159 g/mol. The minimum Gasteiger partial charge on any atom is -0.314 e. The molecule has 1 atom stereocenters. The lowest BCUT2D eigenvalue weighted by atomic mass is 9.99. The van der Waals surface area contributed by atoms with Crippen LogP contribution in [-0.4, -0.2) is 32.8 Å². The van der Waals surface area contributed by atoms with E-state index in [1.165, 1.54) is 0 Å². The molecule has 0 aromatic rings. The van der Waals surface area contributed by atoms with Crippen LogP contribution in [0, 0.1) is 0 Å². The first-order valence-electron chi connectivity index (χ1n) is 4.22. The molecular formula is C8H21N3. The van der Waals surface area contributed by atoms with E-state index in [1.54, 1.807) is 0 Å². The number of hydrogen-bond acceptors (Lipinski definition) is 3. The molecular weight excluding hydrogens is 138 g/mol. The molecule has 0 aliphatic rings. The standard InChI is InChI=1S/C8H21N3/c1-6-8(10-4,11-5)7(2)9-3/h7,9-11H,6H2,1-5H3. The van der Waals surface area contributed by atoms with E-state index < -0.39 is 0 Å². The van der Waals surface area contributed by atoms with Crippen LogP contribution in [0.2, 0.25) is 0 Å². The summed E-state index contributed by atoms with van der Waals surface area (Å²) >= 11 is 0. The Balaban J connectivity index is 4.26. The Labute approximate surface area is 69.9 Å². The molecule has 3 N–H and O–H groups in total. The van der Waals surface area contributed by atoms with Gasteiger partial charge in [-0.05, 0) is 34.5 Å². The van der Waals surface area contributed by atoms with Crippen LogP contribution in [0.5, 0.6) is 0 Å². The van der Waals surface area contributed by atoms with Gasteiger partial charge in [-0.15, -0.1) is 0 Å². The topological polar surface area (TPSA) is 36.1 Å². The van der Waals surface area contributed by atoms with E-state index in [0.29, 0.717) is 6.04 Å². The maximum Gasteiger partial charge on any atom is 0.0834 e. The quantitative estimate of drug-likeness (QED) is 0.499. The van der Waals surface area contributed by atoms with E-state index in [9.17, 15) is 0 Å². The first kappa shape index (κ1) is 10.9. The van der Waals surface area contributed by atoms with Gasteiger partial charge in [0.15, 0.2) is 0 Å². The van der Waals surface area contributed by atoms with E-state index in [2.05, 4.69) is 29.8 Å². The summed E-state index contributed by atoms with van der Waals surface area (Å²) in [5, 5.41) is 9.82. The second-order valence-corrected chi connectivity index (χ2v) is 2.84. The maximum atomic E-state index is 3.29. The van der Waals surface area contributed by atoms with Crippen molar-refractivity contribution in [2.24, 2.45) is 0 Å². The van der Waals surface area contributed by atoms with E-state index in [1.807, 2.05) is 21.1 Å². The third-order valence-corrected chi connectivity index (χ3v) is 2.62. The van der Waals surface area contributed by atoms with E-state index in [0.717, 1.165) is 6.42 Å². The number of nitrogens with one attached hydrogen (secondary N) is 3. The molecule has 0 aliphatic carbocycles. The van der Waals surface area contributed by atoms with Crippen LogP contribution in [-0.2, 0) is 0 Å². The van der Waals surface area contributed by atoms with Crippen molar-refractivity contribution in [3.63, 3.8) is 0 Å². The largest absolute Gasteiger partial charge is 0.314 e. The molecule has 0 bridgehead atoms. The summed E-state index contributed by atoms with van der Waals surface area (Å²) in [6, 6.07) is 0.419. The van der Waals surface area contributed by atoms with Gasteiger partial charge in [-0.1, -0.05) is 6.92 Å².